The predicted molar refractivity (Wildman–Crippen MR) is 77.0 cm³/mol. The maximum Gasteiger partial charge on any atom is 0.169 e. The van der Waals surface area contributed by atoms with Gasteiger partial charge in [-0.2, -0.15) is 0 Å². The molecular weight excluding hydrogens is 228 g/mol. The number of hydrogen-bond acceptors (Lipinski definition) is 1. The number of nitrogens with zero attached hydrogens (tertiary/aromatic N) is 1. The molecule has 0 aromatic heterocycles. The summed E-state index contributed by atoms with van der Waals surface area (Å²) in [4.78, 5) is 2.41. The zero-order chi connectivity index (χ0) is 12.7. The summed E-state index contributed by atoms with van der Waals surface area (Å²) in [6.07, 6.45) is 5.74. The lowest BCUT2D eigenvalue weighted by atomic mass is 9.65. The maximum absolute atomic E-state index is 5.49. The summed E-state index contributed by atoms with van der Waals surface area (Å²) in [6.45, 7) is 12.8. The van der Waals surface area contributed by atoms with E-state index in [1.54, 1.807) is 0 Å². The molecule has 0 aromatic rings. The van der Waals surface area contributed by atoms with E-state index in [0.29, 0.717) is 16.9 Å². The molecule has 0 spiro atoms. The van der Waals surface area contributed by atoms with E-state index >= 15 is 0 Å². The van der Waals surface area contributed by atoms with E-state index in [2.05, 4.69) is 37.6 Å². The Morgan fingerprint density at radius 1 is 1.47 bits per heavy atom. The zero-order valence-electron chi connectivity index (χ0n) is 11.3. The van der Waals surface area contributed by atoms with Gasteiger partial charge in [0.05, 0.1) is 0 Å². The van der Waals surface area contributed by atoms with Gasteiger partial charge >= 0.3 is 0 Å². The van der Waals surface area contributed by atoms with Crippen LogP contribution in [-0.4, -0.2) is 29.1 Å². The van der Waals surface area contributed by atoms with Crippen LogP contribution < -0.4 is 5.32 Å². The van der Waals surface area contributed by atoms with Gasteiger partial charge in [0.2, 0.25) is 0 Å². The van der Waals surface area contributed by atoms with Gasteiger partial charge in [0.15, 0.2) is 5.11 Å². The van der Waals surface area contributed by atoms with Crippen LogP contribution in [-0.2, 0) is 0 Å². The monoisotopic (exact) mass is 252 g/mol. The van der Waals surface area contributed by atoms with Gasteiger partial charge in [-0.1, -0.05) is 26.8 Å². The van der Waals surface area contributed by atoms with Crippen molar-refractivity contribution >= 4 is 17.3 Å². The van der Waals surface area contributed by atoms with E-state index in [9.17, 15) is 0 Å². The topological polar surface area (TPSA) is 15.3 Å². The molecule has 1 saturated carbocycles. The zero-order valence-corrected chi connectivity index (χ0v) is 12.1. The average Bonchev–Trinajstić information content (AvgIpc) is 2.44. The molecule has 2 aliphatic rings. The van der Waals surface area contributed by atoms with Crippen molar-refractivity contribution in [1.82, 2.24) is 10.2 Å². The Kier molecular flexibility index (Phi) is 3.23. The van der Waals surface area contributed by atoms with Crippen molar-refractivity contribution in [1.29, 1.82) is 0 Å². The molecule has 1 aliphatic heterocycles. The number of rotatable bonds is 2. The lowest BCUT2D eigenvalue weighted by molar-refractivity contribution is 0.132. The minimum absolute atomic E-state index is 0.451. The molecular formula is C14H24N2S. The van der Waals surface area contributed by atoms with Crippen molar-refractivity contribution in [2.45, 2.75) is 46.1 Å². The molecule has 1 saturated heterocycles. The van der Waals surface area contributed by atoms with Gasteiger partial charge in [-0.25, -0.2) is 0 Å². The van der Waals surface area contributed by atoms with E-state index in [0.717, 1.165) is 18.2 Å². The first-order chi connectivity index (χ1) is 7.85. The Labute approximate surface area is 110 Å². The van der Waals surface area contributed by atoms with Crippen LogP contribution in [0.1, 0.15) is 40.0 Å². The Morgan fingerprint density at radius 2 is 2.18 bits per heavy atom. The standard InChI is InChI=1S/C14H24N2S/c1-5-6-15-12(17)16-10-14(4)8-11(16)7-13(2,3)9-14/h5,11H,1,6-10H2,2-4H3,(H,15,17)/t11-,14+/m0/s1. The van der Waals surface area contributed by atoms with E-state index in [1.165, 1.54) is 19.3 Å². The summed E-state index contributed by atoms with van der Waals surface area (Å²) in [5.74, 6) is 0. The second-order valence-corrected chi connectivity index (χ2v) is 7.20. The molecule has 0 amide bonds. The van der Waals surface area contributed by atoms with Crippen LogP contribution in [0.4, 0.5) is 0 Å². The fourth-order valence-electron chi connectivity index (χ4n) is 3.96. The van der Waals surface area contributed by atoms with Crippen LogP contribution in [0.5, 0.6) is 0 Å². The number of thiocarbonyl (C=S) groups is 1. The van der Waals surface area contributed by atoms with Crippen LogP contribution >= 0.6 is 12.2 Å². The Morgan fingerprint density at radius 3 is 2.82 bits per heavy atom. The van der Waals surface area contributed by atoms with Crippen LogP contribution in [0.25, 0.3) is 0 Å². The number of fused-ring (bicyclic) bond motifs is 2. The Balaban J connectivity index is 2.08. The third-order valence-corrected chi connectivity index (χ3v) is 4.45. The smallest absolute Gasteiger partial charge is 0.169 e. The maximum atomic E-state index is 5.49. The van der Waals surface area contributed by atoms with Crippen LogP contribution in [0, 0.1) is 10.8 Å². The molecule has 1 N–H and O–H groups in total. The lowest BCUT2D eigenvalue weighted by Gasteiger charge is -2.39. The fraction of sp³-hybridized carbons (Fsp3) is 0.786. The molecule has 1 aliphatic carbocycles. The number of likely N-dealkylation sites (tertiary alicyclic amines) is 1. The highest BCUT2D eigenvalue weighted by molar-refractivity contribution is 7.80. The molecule has 2 rings (SSSR count). The molecule has 3 heteroatoms. The second kappa shape index (κ2) is 4.27. The van der Waals surface area contributed by atoms with Gasteiger partial charge in [0, 0.05) is 19.1 Å². The first-order valence-electron chi connectivity index (χ1n) is 6.51. The summed E-state index contributed by atoms with van der Waals surface area (Å²) in [5.41, 5.74) is 0.910. The molecule has 2 bridgehead atoms. The lowest BCUT2D eigenvalue weighted by Crippen LogP contribution is -2.43. The summed E-state index contributed by atoms with van der Waals surface area (Å²) in [5, 5.41) is 4.18. The van der Waals surface area contributed by atoms with E-state index in [4.69, 9.17) is 12.2 Å². The average molecular weight is 252 g/mol. The normalized spacial score (nSPS) is 34.5. The van der Waals surface area contributed by atoms with Crippen LogP contribution in [0.3, 0.4) is 0 Å². The van der Waals surface area contributed by atoms with Crippen molar-refractivity contribution in [2.24, 2.45) is 10.8 Å². The summed E-state index contributed by atoms with van der Waals surface area (Å²) >= 11 is 5.49. The van der Waals surface area contributed by atoms with Gasteiger partial charge in [-0.15, -0.1) is 6.58 Å². The van der Waals surface area contributed by atoms with Crippen molar-refractivity contribution < 1.29 is 0 Å². The number of nitrogens with one attached hydrogen (secondary N) is 1. The van der Waals surface area contributed by atoms with Gasteiger partial charge in [-0.05, 0) is 42.3 Å². The van der Waals surface area contributed by atoms with Crippen LogP contribution in [0.15, 0.2) is 12.7 Å². The highest BCUT2D eigenvalue weighted by atomic mass is 32.1. The molecule has 96 valence electrons. The Bertz CT molecular complexity index is 337. The van der Waals surface area contributed by atoms with Crippen molar-refractivity contribution in [3.05, 3.63) is 12.7 Å². The van der Waals surface area contributed by atoms with Crippen molar-refractivity contribution in [3.8, 4) is 0 Å². The summed E-state index contributed by atoms with van der Waals surface area (Å²) in [7, 11) is 0. The molecule has 2 atom stereocenters. The molecule has 1 heterocycles. The molecule has 0 aromatic carbocycles. The largest absolute Gasteiger partial charge is 0.359 e. The minimum Gasteiger partial charge on any atom is -0.359 e. The van der Waals surface area contributed by atoms with Crippen molar-refractivity contribution in [2.75, 3.05) is 13.1 Å². The minimum atomic E-state index is 0.451. The first-order valence-corrected chi connectivity index (χ1v) is 6.91. The fourth-order valence-corrected chi connectivity index (χ4v) is 4.26. The van der Waals surface area contributed by atoms with E-state index < -0.39 is 0 Å². The summed E-state index contributed by atoms with van der Waals surface area (Å²) < 4.78 is 0. The molecule has 2 nitrogen and oxygen atoms in total. The van der Waals surface area contributed by atoms with Gasteiger partial charge in [-0.3, -0.25) is 0 Å². The first kappa shape index (κ1) is 12.9. The molecule has 17 heavy (non-hydrogen) atoms. The third kappa shape index (κ3) is 2.65. The van der Waals surface area contributed by atoms with E-state index in [1.807, 2.05) is 6.08 Å². The second-order valence-electron chi connectivity index (χ2n) is 6.82. The number of hydrogen-bond donors (Lipinski definition) is 1. The van der Waals surface area contributed by atoms with Gasteiger partial charge in [0.1, 0.15) is 0 Å². The van der Waals surface area contributed by atoms with Gasteiger partial charge < -0.3 is 10.2 Å². The van der Waals surface area contributed by atoms with Gasteiger partial charge in [0.25, 0.3) is 0 Å². The quantitative estimate of drug-likeness (QED) is 0.601. The predicted octanol–water partition coefficient (Wildman–Crippen LogP) is 2.95. The highest BCUT2D eigenvalue weighted by Crippen LogP contribution is 2.52. The Hall–Kier alpha value is -0.570. The summed E-state index contributed by atoms with van der Waals surface area (Å²) in [6, 6.07) is 0.633. The SMILES string of the molecule is C=CCNC(=S)N1C[C@]2(C)C[C@@H]1CC(C)(C)C2. The highest BCUT2D eigenvalue weighted by Gasteiger charge is 2.50. The van der Waals surface area contributed by atoms with E-state index in [-0.39, 0.29) is 0 Å². The molecule has 0 radical (unpaired) electrons. The van der Waals surface area contributed by atoms with Crippen molar-refractivity contribution in [3.63, 3.8) is 0 Å². The van der Waals surface area contributed by atoms with Crippen LogP contribution in [0.2, 0.25) is 0 Å². The molecule has 0 unspecified atom stereocenters. The third-order valence-electron chi connectivity index (χ3n) is 4.07. The molecule has 2 fully saturated rings.